The average molecular weight is 477 g/mol. The van der Waals surface area contributed by atoms with Crippen LogP contribution < -0.4 is 14.9 Å². The molecule has 4 aromatic carbocycles. The van der Waals surface area contributed by atoms with Gasteiger partial charge in [0.05, 0.1) is 5.39 Å². The molecule has 0 saturated heterocycles. The minimum atomic E-state index is -0.229. The van der Waals surface area contributed by atoms with Gasteiger partial charge in [0.1, 0.15) is 30.0 Å². The fraction of sp³-hybridized carbons (Fsp3) is 0.156. The third-order valence-corrected chi connectivity index (χ3v) is 6.13. The lowest BCUT2D eigenvalue weighted by Crippen LogP contribution is -2.10. The molecule has 0 atom stereocenters. The Bertz CT molecular complexity index is 1520. The summed E-state index contributed by atoms with van der Waals surface area (Å²) in [5, 5.41) is 0.440. The monoisotopic (exact) mass is 476 g/mol. The van der Waals surface area contributed by atoms with E-state index in [9.17, 15) is 4.79 Å². The second kappa shape index (κ2) is 9.74. The lowest BCUT2D eigenvalue weighted by molar-refractivity contribution is 0.306. The molecule has 0 amide bonds. The molecule has 180 valence electrons. The van der Waals surface area contributed by atoms with Crippen molar-refractivity contribution in [3.63, 3.8) is 0 Å². The molecule has 1 aromatic heterocycles. The third kappa shape index (κ3) is 5.18. The quantitative estimate of drug-likeness (QED) is 0.248. The molecular formula is C32H28O4. The molecular weight excluding hydrogens is 448 g/mol. The van der Waals surface area contributed by atoms with Crippen molar-refractivity contribution < 1.29 is 13.9 Å². The number of fused-ring (bicyclic) bond motifs is 1. The summed E-state index contributed by atoms with van der Waals surface area (Å²) in [5.41, 5.74) is 4.89. The Morgan fingerprint density at radius 1 is 0.750 bits per heavy atom. The second-order valence-electron chi connectivity index (χ2n) is 9.82. The van der Waals surface area contributed by atoms with Gasteiger partial charge in [-0.3, -0.25) is 4.79 Å². The fourth-order valence-corrected chi connectivity index (χ4v) is 3.99. The molecule has 0 N–H and O–H groups in total. The summed E-state index contributed by atoms with van der Waals surface area (Å²) in [6, 6.07) is 31.4. The van der Waals surface area contributed by atoms with E-state index in [1.165, 1.54) is 11.8 Å². The highest BCUT2D eigenvalue weighted by molar-refractivity contribution is 5.79. The summed E-state index contributed by atoms with van der Waals surface area (Å²) in [4.78, 5) is 13.0. The topological polar surface area (TPSA) is 48.7 Å². The molecule has 0 aliphatic rings. The Morgan fingerprint density at radius 3 is 2.11 bits per heavy atom. The van der Waals surface area contributed by atoms with Gasteiger partial charge in [0.25, 0.3) is 0 Å². The first-order chi connectivity index (χ1) is 17.4. The maximum absolute atomic E-state index is 13.0. The van der Waals surface area contributed by atoms with Crippen LogP contribution >= 0.6 is 0 Å². The summed E-state index contributed by atoms with van der Waals surface area (Å²) in [6.07, 6.45) is 1.35. The van der Waals surface area contributed by atoms with Crippen molar-refractivity contribution in [1.29, 1.82) is 0 Å². The van der Waals surface area contributed by atoms with Gasteiger partial charge in [-0.2, -0.15) is 0 Å². The van der Waals surface area contributed by atoms with E-state index in [2.05, 4.69) is 57.2 Å². The van der Waals surface area contributed by atoms with E-state index in [0.717, 1.165) is 16.7 Å². The summed E-state index contributed by atoms with van der Waals surface area (Å²) in [6.45, 7) is 7.01. The first-order valence-corrected chi connectivity index (χ1v) is 12.0. The van der Waals surface area contributed by atoms with Crippen molar-refractivity contribution in [2.45, 2.75) is 32.8 Å². The van der Waals surface area contributed by atoms with E-state index in [4.69, 9.17) is 13.9 Å². The van der Waals surface area contributed by atoms with Crippen LogP contribution in [0.25, 0.3) is 22.1 Å². The second-order valence-corrected chi connectivity index (χ2v) is 9.82. The first-order valence-electron chi connectivity index (χ1n) is 12.0. The lowest BCUT2D eigenvalue weighted by Gasteiger charge is -2.19. The number of hydrogen-bond acceptors (Lipinski definition) is 4. The maximum Gasteiger partial charge on any atom is 0.235 e. The highest BCUT2D eigenvalue weighted by atomic mass is 16.5. The van der Waals surface area contributed by atoms with Crippen molar-refractivity contribution in [1.82, 2.24) is 0 Å². The Hall–Kier alpha value is -4.31. The average Bonchev–Trinajstić information content (AvgIpc) is 2.90. The van der Waals surface area contributed by atoms with Crippen molar-refractivity contribution in [2.75, 3.05) is 0 Å². The molecule has 5 rings (SSSR count). The van der Waals surface area contributed by atoms with Gasteiger partial charge in [-0.05, 0) is 51.9 Å². The predicted octanol–water partition coefficient (Wildman–Crippen LogP) is 8.13. The Morgan fingerprint density at radius 2 is 1.42 bits per heavy atom. The van der Waals surface area contributed by atoms with Crippen LogP contribution in [0.1, 0.15) is 31.9 Å². The molecule has 36 heavy (non-hydrogen) atoms. The van der Waals surface area contributed by atoms with Crippen LogP contribution in [-0.2, 0) is 12.0 Å². The van der Waals surface area contributed by atoms with Gasteiger partial charge < -0.3 is 13.9 Å². The van der Waals surface area contributed by atoms with Crippen LogP contribution in [0, 0.1) is 0 Å². The van der Waals surface area contributed by atoms with Crippen molar-refractivity contribution >= 4 is 11.0 Å². The van der Waals surface area contributed by atoms with Gasteiger partial charge >= 0.3 is 0 Å². The van der Waals surface area contributed by atoms with E-state index < -0.39 is 0 Å². The number of hydrogen-bond donors (Lipinski definition) is 0. The molecule has 0 fully saturated rings. The van der Waals surface area contributed by atoms with Crippen LogP contribution in [0.15, 0.2) is 113 Å². The van der Waals surface area contributed by atoms with E-state index in [1.807, 2.05) is 42.5 Å². The number of rotatable bonds is 6. The minimum Gasteiger partial charge on any atom is -0.489 e. The van der Waals surface area contributed by atoms with Crippen LogP contribution in [0.3, 0.4) is 0 Å². The molecule has 1 heterocycles. The zero-order valence-electron chi connectivity index (χ0n) is 20.7. The molecule has 0 radical (unpaired) electrons. The largest absolute Gasteiger partial charge is 0.489 e. The molecule has 4 heteroatoms. The minimum absolute atomic E-state index is 0.115. The summed E-state index contributed by atoms with van der Waals surface area (Å²) in [7, 11) is 0. The molecule has 4 nitrogen and oxygen atoms in total. The van der Waals surface area contributed by atoms with E-state index >= 15 is 0 Å². The smallest absolute Gasteiger partial charge is 0.235 e. The van der Waals surface area contributed by atoms with Gasteiger partial charge in [-0.15, -0.1) is 0 Å². The lowest BCUT2D eigenvalue weighted by atomic mass is 9.87. The molecule has 0 aliphatic heterocycles. The van der Waals surface area contributed by atoms with Gasteiger partial charge in [0, 0.05) is 6.07 Å². The first kappa shape index (κ1) is 23.4. The van der Waals surface area contributed by atoms with E-state index in [0.29, 0.717) is 29.1 Å². The normalized spacial score (nSPS) is 11.4. The zero-order valence-corrected chi connectivity index (χ0v) is 20.7. The Balaban J connectivity index is 1.29. The van der Waals surface area contributed by atoms with Gasteiger partial charge in [0.2, 0.25) is 11.2 Å². The van der Waals surface area contributed by atoms with Crippen LogP contribution in [0.2, 0.25) is 0 Å². The zero-order chi connectivity index (χ0) is 25.1. The van der Waals surface area contributed by atoms with Crippen LogP contribution in [0.5, 0.6) is 17.2 Å². The molecule has 0 bridgehead atoms. The number of benzene rings is 4. The van der Waals surface area contributed by atoms with E-state index in [1.54, 1.807) is 18.2 Å². The van der Waals surface area contributed by atoms with Crippen LogP contribution in [0.4, 0.5) is 0 Å². The molecule has 5 aromatic rings. The Labute approximate surface area is 210 Å². The SMILES string of the molecule is CC(C)(C)c1ccc(COc2ccc3c(=O)c(Oc4ccc(-c5ccccc5)cc4)coc3c2)cc1. The molecule has 0 spiro atoms. The van der Waals surface area contributed by atoms with Gasteiger partial charge in [-0.25, -0.2) is 0 Å². The summed E-state index contributed by atoms with van der Waals surface area (Å²) >= 11 is 0. The van der Waals surface area contributed by atoms with Crippen molar-refractivity contribution in [3.05, 3.63) is 125 Å². The molecule has 0 saturated carbocycles. The highest BCUT2D eigenvalue weighted by Crippen LogP contribution is 2.27. The molecule has 0 unspecified atom stereocenters. The maximum atomic E-state index is 13.0. The summed E-state index contributed by atoms with van der Waals surface area (Å²) in [5.74, 6) is 1.34. The fourth-order valence-electron chi connectivity index (χ4n) is 3.99. The number of ether oxygens (including phenoxy) is 2. The molecule has 0 aliphatic carbocycles. The van der Waals surface area contributed by atoms with E-state index in [-0.39, 0.29) is 16.6 Å². The van der Waals surface area contributed by atoms with Crippen molar-refractivity contribution in [3.8, 4) is 28.4 Å². The highest BCUT2D eigenvalue weighted by Gasteiger charge is 2.13. The summed E-state index contributed by atoms with van der Waals surface area (Å²) < 4.78 is 17.5. The van der Waals surface area contributed by atoms with Crippen LogP contribution in [-0.4, -0.2) is 0 Å². The van der Waals surface area contributed by atoms with Gasteiger partial charge in [0.15, 0.2) is 0 Å². The van der Waals surface area contributed by atoms with Crippen molar-refractivity contribution in [2.24, 2.45) is 0 Å². The third-order valence-electron chi connectivity index (χ3n) is 6.13. The standard InChI is InChI=1S/C32H28O4/c1-32(2,3)25-13-9-22(10-14-25)20-34-27-17-18-28-29(19-27)35-21-30(31(28)33)36-26-15-11-24(12-16-26)23-7-5-4-6-8-23/h4-19,21H,20H2,1-3H3. The van der Waals surface area contributed by atoms with Gasteiger partial charge in [-0.1, -0.05) is 87.5 Å². The Kier molecular flexibility index (Phi) is 6.34. The predicted molar refractivity (Wildman–Crippen MR) is 144 cm³/mol.